The van der Waals surface area contributed by atoms with Gasteiger partial charge in [0.05, 0.1) is 5.56 Å². The Balaban J connectivity index is 3.42. The summed E-state index contributed by atoms with van der Waals surface area (Å²) in [5, 5.41) is 5.74. The first-order chi connectivity index (χ1) is 7.69. The van der Waals surface area contributed by atoms with Crippen LogP contribution in [0, 0.1) is 0 Å². The van der Waals surface area contributed by atoms with E-state index in [4.69, 9.17) is 11.6 Å². The van der Waals surface area contributed by atoms with Gasteiger partial charge in [-0.1, -0.05) is 0 Å². The van der Waals surface area contributed by atoms with Crippen LogP contribution in [0.5, 0.6) is 0 Å². The zero-order chi connectivity index (χ0) is 12.1. The lowest BCUT2D eigenvalue weighted by atomic mass is 10.2. The van der Waals surface area contributed by atoms with Gasteiger partial charge in [0.1, 0.15) is 5.82 Å². The summed E-state index contributed by atoms with van der Waals surface area (Å²) in [5.41, 5.74) is 3.20. The predicted molar refractivity (Wildman–Crippen MR) is 67.3 cm³/mol. The molecule has 3 N–H and O–H groups in total. The van der Waals surface area contributed by atoms with Gasteiger partial charge >= 0.3 is 0 Å². The van der Waals surface area contributed by atoms with Gasteiger partial charge in [-0.25, -0.2) is 0 Å². The van der Waals surface area contributed by atoms with Crippen LogP contribution in [0.3, 0.4) is 0 Å². The molecule has 0 aromatic carbocycles. The second-order valence-corrected chi connectivity index (χ2v) is 3.44. The zero-order valence-electron chi connectivity index (χ0n) is 9.59. The topological polar surface area (TPSA) is 71.0 Å². The van der Waals surface area contributed by atoms with Gasteiger partial charge in [0, 0.05) is 27.0 Å². The molecule has 0 radical (unpaired) electrons. The molecule has 0 saturated carbocycles. The summed E-state index contributed by atoms with van der Waals surface area (Å²) < 4.78 is 1.35. The fourth-order valence-electron chi connectivity index (χ4n) is 1.46. The van der Waals surface area contributed by atoms with E-state index >= 15 is 0 Å². The van der Waals surface area contributed by atoms with Crippen LogP contribution in [0.1, 0.15) is 5.56 Å². The fraction of sp³-hybridized carbons (Fsp3) is 0.556. The summed E-state index contributed by atoms with van der Waals surface area (Å²) in [6.07, 6.45) is 0.481. The molecule has 0 spiro atoms. The Morgan fingerprint density at radius 2 is 2.00 bits per heavy atom. The molecule has 0 bridgehead atoms. The van der Waals surface area contributed by atoms with E-state index in [0.717, 1.165) is 0 Å². The standard InChI is InChI=1S/C9H16ClN5O/c1-11-7-6(4-5-10)8(16)15(13-3)9(12-2)14-7/h11,13H,4-5H2,1-3H3,(H,12,14). The minimum atomic E-state index is -0.146. The number of hydrogen-bond donors (Lipinski definition) is 3. The molecular formula is C9H16ClN5O. The van der Waals surface area contributed by atoms with E-state index in [1.54, 1.807) is 21.1 Å². The summed E-state index contributed by atoms with van der Waals surface area (Å²) >= 11 is 5.67. The average Bonchev–Trinajstić information content (AvgIpc) is 2.31. The van der Waals surface area contributed by atoms with Crippen LogP contribution < -0.4 is 21.6 Å². The zero-order valence-corrected chi connectivity index (χ0v) is 10.4. The molecule has 0 unspecified atom stereocenters. The third-order valence-electron chi connectivity index (χ3n) is 2.21. The van der Waals surface area contributed by atoms with Crippen molar-refractivity contribution in [1.82, 2.24) is 9.66 Å². The van der Waals surface area contributed by atoms with Crippen molar-refractivity contribution in [2.24, 2.45) is 0 Å². The first-order valence-corrected chi connectivity index (χ1v) is 5.48. The van der Waals surface area contributed by atoms with E-state index in [2.05, 4.69) is 21.0 Å². The van der Waals surface area contributed by atoms with E-state index < -0.39 is 0 Å². The van der Waals surface area contributed by atoms with Crippen molar-refractivity contribution < 1.29 is 0 Å². The molecule has 6 nitrogen and oxygen atoms in total. The van der Waals surface area contributed by atoms with Crippen LogP contribution in [-0.4, -0.2) is 36.7 Å². The lowest BCUT2D eigenvalue weighted by molar-refractivity contribution is 0.823. The van der Waals surface area contributed by atoms with Crippen LogP contribution in [0.2, 0.25) is 0 Å². The summed E-state index contributed by atoms with van der Waals surface area (Å²) in [4.78, 5) is 16.4. The molecule has 0 amide bonds. The van der Waals surface area contributed by atoms with Gasteiger partial charge in [-0.2, -0.15) is 9.66 Å². The quantitative estimate of drug-likeness (QED) is 0.650. The Kier molecular flexibility index (Phi) is 4.42. The smallest absolute Gasteiger partial charge is 0.278 e. The number of anilines is 2. The summed E-state index contributed by atoms with van der Waals surface area (Å²) in [7, 11) is 5.09. The maximum Gasteiger partial charge on any atom is 0.278 e. The number of nitrogens with zero attached hydrogens (tertiary/aromatic N) is 2. The highest BCUT2D eigenvalue weighted by molar-refractivity contribution is 6.18. The number of hydrogen-bond acceptors (Lipinski definition) is 5. The maximum absolute atomic E-state index is 12.1. The van der Waals surface area contributed by atoms with Gasteiger partial charge in [-0.3, -0.25) is 4.79 Å². The number of nitrogens with one attached hydrogen (secondary N) is 3. The Morgan fingerprint density at radius 1 is 1.31 bits per heavy atom. The Labute approximate surface area is 99.0 Å². The number of alkyl halides is 1. The summed E-state index contributed by atoms with van der Waals surface area (Å²) in [5.74, 6) is 1.39. The van der Waals surface area contributed by atoms with Crippen molar-refractivity contribution in [1.29, 1.82) is 0 Å². The maximum atomic E-state index is 12.1. The molecule has 7 heteroatoms. The molecular weight excluding hydrogens is 230 g/mol. The molecule has 16 heavy (non-hydrogen) atoms. The lowest BCUT2D eigenvalue weighted by Gasteiger charge is -2.15. The molecule has 1 heterocycles. The number of aromatic nitrogens is 2. The molecule has 0 aliphatic heterocycles. The first-order valence-electron chi connectivity index (χ1n) is 4.94. The Hall–Kier alpha value is -1.43. The highest BCUT2D eigenvalue weighted by Crippen LogP contribution is 2.11. The molecule has 0 atom stereocenters. The van der Waals surface area contributed by atoms with Crippen LogP contribution in [0.25, 0.3) is 0 Å². The van der Waals surface area contributed by atoms with Crippen LogP contribution >= 0.6 is 11.6 Å². The van der Waals surface area contributed by atoms with E-state index in [1.807, 2.05) is 0 Å². The molecule has 1 aromatic rings. The van der Waals surface area contributed by atoms with Crippen molar-refractivity contribution >= 4 is 23.4 Å². The molecule has 1 aromatic heterocycles. The van der Waals surface area contributed by atoms with Crippen LogP contribution in [0.15, 0.2) is 4.79 Å². The van der Waals surface area contributed by atoms with Gasteiger partial charge in [0.15, 0.2) is 0 Å². The minimum absolute atomic E-state index is 0.146. The van der Waals surface area contributed by atoms with Gasteiger partial charge in [0.2, 0.25) is 5.95 Å². The Morgan fingerprint density at radius 3 is 2.44 bits per heavy atom. The molecule has 90 valence electrons. The van der Waals surface area contributed by atoms with Crippen molar-refractivity contribution in [3.8, 4) is 0 Å². The molecule has 0 aliphatic rings. The van der Waals surface area contributed by atoms with E-state index in [-0.39, 0.29) is 5.56 Å². The monoisotopic (exact) mass is 245 g/mol. The van der Waals surface area contributed by atoms with Gasteiger partial charge in [0.25, 0.3) is 5.56 Å². The predicted octanol–water partition coefficient (Wildman–Crippen LogP) is 0.281. The normalized spacial score (nSPS) is 10.0. The molecule has 0 saturated heterocycles. The highest BCUT2D eigenvalue weighted by Gasteiger charge is 2.13. The Bertz CT molecular complexity index is 417. The van der Waals surface area contributed by atoms with E-state index in [9.17, 15) is 4.79 Å². The first kappa shape index (κ1) is 12.6. The fourth-order valence-corrected chi connectivity index (χ4v) is 1.65. The molecule has 0 aliphatic carbocycles. The van der Waals surface area contributed by atoms with Gasteiger partial charge in [-0.05, 0) is 6.42 Å². The highest BCUT2D eigenvalue weighted by atomic mass is 35.5. The third kappa shape index (κ3) is 2.21. The second kappa shape index (κ2) is 5.60. The second-order valence-electron chi connectivity index (χ2n) is 3.07. The van der Waals surface area contributed by atoms with E-state index in [0.29, 0.717) is 29.6 Å². The number of rotatable bonds is 5. The van der Waals surface area contributed by atoms with Crippen LogP contribution in [-0.2, 0) is 6.42 Å². The lowest BCUT2D eigenvalue weighted by Crippen LogP contribution is -2.33. The van der Waals surface area contributed by atoms with Gasteiger partial charge in [-0.15, -0.1) is 11.6 Å². The molecule has 1 rings (SSSR count). The van der Waals surface area contributed by atoms with Gasteiger partial charge < -0.3 is 16.1 Å². The van der Waals surface area contributed by atoms with Crippen molar-refractivity contribution in [3.05, 3.63) is 15.9 Å². The van der Waals surface area contributed by atoms with E-state index in [1.165, 1.54) is 4.68 Å². The van der Waals surface area contributed by atoms with Crippen molar-refractivity contribution in [3.63, 3.8) is 0 Å². The largest absolute Gasteiger partial charge is 0.373 e. The minimum Gasteiger partial charge on any atom is -0.373 e. The van der Waals surface area contributed by atoms with Crippen molar-refractivity contribution in [2.75, 3.05) is 43.1 Å². The SMILES string of the molecule is CNc1nc(NC)n(NC)c(=O)c1CCCl. The van der Waals surface area contributed by atoms with Crippen LogP contribution in [0.4, 0.5) is 11.8 Å². The average molecular weight is 246 g/mol. The third-order valence-corrected chi connectivity index (χ3v) is 2.39. The molecule has 0 fully saturated rings. The number of halogens is 1. The summed E-state index contributed by atoms with van der Waals surface area (Å²) in [6.45, 7) is 0. The van der Waals surface area contributed by atoms with Crippen molar-refractivity contribution in [2.45, 2.75) is 6.42 Å². The summed E-state index contributed by atoms with van der Waals surface area (Å²) in [6, 6.07) is 0.